The second kappa shape index (κ2) is 8.15. The van der Waals surface area contributed by atoms with Gasteiger partial charge in [0, 0.05) is 25.3 Å². The van der Waals surface area contributed by atoms with Gasteiger partial charge in [-0.05, 0) is 30.5 Å². The SMILES string of the molecule is CCOCCCN1C(=O)c2ccccc2[C@@H](C(=O)O)[C@@H]1c1ccccc1. The molecule has 1 heterocycles. The molecular formula is C21H23NO4. The molecular weight excluding hydrogens is 330 g/mol. The van der Waals surface area contributed by atoms with Gasteiger partial charge in [-0.2, -0.15) is 0 Å². The number of ether oxygens (including phenoxy) is 1. The van der Waals surface area contributed by atoms with Crippen LogP contribution in [0.1, 0.15) is 46.8 Å². The van der Waals surface area contributed by atoms with Crippen molar-refractivity contribution in [2.24, 2.45) is 0 Å². The minimum Gasteiger partial charge on any atom is -0.481 e. The molecule has 0 saturated heterocycles. The van der Waals surface area contributed by atoms with Crippen LogP contribution in [0.4, 0.5) is 0 Å². The summed E-state index contributed by atoms with van der Waals surface area (Å²) >= 11 is 0. The quantitative estimate of drug-likeness (QED) is 0.774. The monoisotopic (exact) mass is 353 g/mol. The van der Waals surface area contributed by atoms with E-state index in [0.29, 0.717) is 37.3 Å². The Hall–Kier alpha value is -2.66. The molecule has 0 saturated carbocycles. The molecule has 0 aromatic heterocycles. The molecule has 1 amide bonds. The molecule has 5 nitrogen and oxygen atoms in total. The molecule has 1 N–H and O–H groups in total. The van der Waals surface area contributed by atoms with Gasteiger partial charge in [-0.3, -0.25) is 9.59 Å². The van der Waals surface area contributed by atoms with E-state index in [9.17, 15) is 14.7 Å². The molecule has 136 valence electrons. The molecule has 2 aromatic rings. The van der Waals surface area contributed by atoms with Crippen LogP contribution in [-0.4, -0.2) is 41.6 Å². The van der Waals surface area contributed by atoms with Crippen molar-refractivity contribution >= 4 is 11.9 Å². The van der Waals surface area contributed by atoms with Gasteiger partial charge in [-0.1, -0.05) is 48.5 Å². The van der Waals surface area contributed by atoms with Crippen molar-refractivity contribution in [2.45, 2.75) is 25.3 Å². The third-order valence-corrected chi connectivity index (χ3v) is 4.74. The number of aliphatic carboxylic acids is 1. The van der Waals surface area contributed by atoms with Crippen molar-refractivity contribution in [1.29, 1.82) is 0 Å². The summed E-state index contributed by atoms with van der Waals surface area (Å²) in [4.78, 5) is 27.0. The molecule has 0 radical (unpaired) electrons. The van der Waals surface area contributed by atoms with E-state index in [0.717, 1.165) is 5.56 Å². The van der Waals surface area contributed by atoms with Crippen molar-refractivity contribution < 1.29 is 19.4 Å². The Bertz CT molecular complexity index is 775. The van der Waals surface area contributed by atoms with E-state index in [1.807, 2.05) is 37.3 Å². The predicted molar refractivity (Wildman–Crippen MR) is 98.1 cm³/mol. The zero-order valence-corrected chi connectivity index (χ0v) is 14.8. The average molecular weight is 353 g/mol. The largest absolute Gasteiger partial charge is 0.481 e. The third-order valence-electron chi connectivity index (χ3n) is 4.74. The van der Waals surface area contributed by atoms with E-state index in [-0.39, 0.29) is 5.91 Å². The average Bonchev–Trinajstić information content (AvgIpc) is 2.66. The number of amides is 1. The molecule has 0 bridgehead atoms. The number of carboxylic acids is 1. The number of carbonyl (C=O) groups is 2. The van der Waals surface area contributed by atoms with E-state index < -0.39 is 17.9 Å². The van der Waals surface area contributed by atoms with E-state index in [1.54, 1.807) is 29.2 Å². The van der Waals surface area contributed by atoms with Crippen molar-refractivity contribution in [3.05, 3.63) is 71.3 Å². The summed E-state index contributed by atoms with van der Waals surface area (Å²) in [5.41, 5.74) is 1.89. The lowest BCUT2D eigenvalue weighted by Crippen LogP contribution is -2.45. The number of rotatable bonds is 7. The number of nitrogens with zero attached hydrogens (tertiary/aromatic N) is 1. The Morgan fingerprint density at radius 1 is 1.12 bits per heavy atom. The van der Waals surface area contributed by atoms with E-state index >= 15 is 0 Å². The topological polar surface area (TPSA) is 66.8 Å². The zero-order valence-electron chi connectivity index (χ0n) is 14.8. The number of carboxylic acid groups (broad SMARTS) is 1. The Balaban J connectivity index is 2.04. The highest BCUT2D eigenvalue weighted by Gasteiger charge is 2.43. The lowest BCUT2D eigenvalue weighted by Gasteiger charge is -2.41. The van der Waals surface area contributed by atoms with Gasteiger partial charge in [0.2, 0.25) is 0 Å². The van der Waals surface area contributed by atoms with Crippen LogP contribution in [0.25, 0.3) is 0 Å². The molecule has 2 aromatic carbocycles. The van der Waals surface area contributed by atoms with Crippen LogP contribution in [0, 0.1) is 0 Å². The maximum atomic E-state index is 13.1. The predicted octanol–water partition coefficient (Wildman–Crippen LogP) is 3.48. The van der Waals surface area contributed by atoms with Gasteiger partial charge in [0.25, 0.3) is 5.91 Å². The number of carbonyl (C=O) groups excluding carboxylic acids is 1. The van der Waals surface area contributed by atoms with Gasteiger partial charge in [0.05, 0.1) is 6.04 Å². The van der Waals surface area contributed by atoms with Crippen LogP contribution < -0.4 is 0 Å². The number of benzene rings is 2. The van der Waals surface area contributed by atoms with E-state index in [2.05, 4.69) is 0 Å². The molecule has 5 heteroatoms. The van der Waals surface area contributed by atoms with Crippen LogP contribution in [-0.2, 0) is 9.53 Å². The van der Waals surface area contributed by atoms with E-state index in [1.165, 1.54) is 0 Å². The van der Waals surface area contributed by atoms with Crippen LogP contribution >= 0.6 is 0 Å². The maximum absolute atomic E-state index is 13.1. The van der Waals surface area contributed by atoms with Crippen LogP contribution in [0.2, 0.25) is 0 Å². The van der Waals surface area contributed by atoms with Crippen LogP contribution in [0.5, 0.6) is 0 Å². The summed E-state index contributed by atoms with van der Waals surface area (Å²) in [5.74, 6) is -1.84. The molecule has 1 aliphatic rings. The number of hydrogen-bond acceptors (Lipinski definition) is 3. The first-order chi connectivity index (χ1) is 12.6. The van der Waals surface area contributed by atoms with Gasteiger partial charge in [0.1, 0.15) is 5.92 Å². The summed E-state index contributed by atoms with van der Waals surface area (Å²) in [5, 5.41) is 9.97. The lowest BCUT2D eigenvalue weighted by molar-refractivity contribution is -0.140. The first-order valence-electron chi connectivity index (χ1n) is 8.90. The van der Waals surface area contributed by atoms with Gasteiger partial charge < -0.3 is 14.7 Å². The highest BCUT2D eigenvalue weighted by molar-refractivity contribution is 6.00. The van der Waals surface area contributed by atoms with Crippen molar-refractivity contribution in [1.82, 2.24) is 4.90 Å². The Labute approximate surface area is 153 Å². The molecule has 2 atom stereocenters. The number of hydrogen-bond donors (Lipinski definition) is 1. The summed E-state index contributed by atoms with van der Waals surface area (Å²) in [6.07, 6.45) is 0.664. The molecule has 1 aliphatic heterocycles. The summed E-state index contributed by atoms with van der Waals surface area (Å²) in [6.45, 7) is 3.55. The van der Waals surface area contributed by atoms with Gasteiger partial charge in [0.15, 0.2) is 0 Å². The fourth-order valence-electron chi connectivity index (χ4n) is 3.61. The highest BCUT2D eigenvalue weighted by Crippen LogP contribution is 2.42. The summed E-state index contributed by atoms with van der Waals surface area (Å²) < 4.78 is 5.39. The van der Waals surface area contributed by atoms with Crippen molar-refractivity contribution in [2.75, 3.05) is 19.8 Å². The highest BCUT2D eigenvalue weighted by atomic mass is 16.5. The Morgan fingerprint density at radius 2 is 1.81 bits per heavy atom. The molecule has 0 unspecified atom stereocenters. The van der Waals surface area contributed by atoms with Gasteiger partial charge >= 0.3 is 5.97 Å². The molecule has 0 fully saturated rings. The lowest BCUT2D eigenvalue weighted by atomic mass is 9.79. The minimum atomic E-state index is -0.923. The third kappa shape index (κ3) is 3.48. The normalized spacial score (nSPS) is 19.3. The van der Waals surface area contributed by atoms with Gasteiger partial charge in [-0.25, -0.2) is 0 Å². The first kappa shape index (κ1) is 18.1. The van der Waals surface area contributed by atoms with E-state index in [4.69, 9.17) is 4.74 Å². The fourth-order valence-corrected chi connectivity index (χ4v) is 3.61. The Morgan fingerprint density at radius 3 is 2.50 bits per heavy atom. The minimum absolute atomic E-state index is 0.122. The summed E-state index contributed by atoms with van der Waals surface area (Å²) in [6, 6.07) is 15.9. The zero-order chi connectivity index (χ0) is 18.5. The first-order valence-corrected chi connectivity index (χ1v) is 8.90. The van der Waals surface area contributed by atoms with Crippen molar-refractivity contribution in [3.63, 3.8) is 0 Å². The van der Waals surface area contributed by atoms with Gasteiger partial charge in [-0.15, -0.1) is 0 Å². The molecule has 26 heavy (non-hydrogen) atoms. The van der Waals surface area contributed by atoms with Crippen LogP contribution in [0.3, 0.4) is 0 Å². The van der Waals surface area contributed by atoms with Crippen molar-refractivity contribution in [3.8, 4) is 0 Å². The number of fused-ring (bicyclic) bond motifs is 1. The second-order valence-electron chi connectivity index (χ2n) is 6.31. The Kier molecular flexibility index (Phi) is 5.68. The second-order valence-corrected chi connectivity index (χ2v) is 6.31. The maximum Gasteiger partial charge on any atom is 0.313 e. The molecule has 0 aliphatic carbocycles. The molecule has 3 rings (SSSR count). The smallest absolute Gasteiger partial charge is 0.313 e. The standard InChI is InChI=1S/C21H23NO4/c1-2-26-14-8-13-22-19(15-9-4-3-5-10-15)18(21(24)25)16-11-6-7-12-17(16)20(22)23/h3-7,9-12,18-19H,2,8,13-14H2,1H3,(H,24,25)/t18-,19+/m1/s1. The fraction of sp³-hybridized carbons (Fsp3) is 0.333. The summed E-state index contributed by atoms with van der Waals surface area (Å²) in [7, 11) is 0. The van der Waals surface area contributed by atoms with Crippen LogP contribution in [0.15, 0.2) is 54.6 Å². The molecule has 0 spiro atoms.